The lowest BCUT2D eigenvalue weighted by Crippen LogP contribution is -2.48. The van der Waals surface area contributed by atoms with E-state index in [2.05, 4.69) is 5.32 Å². The fraction of sp³-hybridized carbons (Fsp3) is 0.385. The van der Waals surface area contributed by atoms with Crippen LogP contribution in [0.1, 0.15) is 12.5 Å². The quantitative estimate of drug-likeness (QED) is 0.680. The summed E-state index contributed by atoms with van der Waals surface area (Å²) in [4.78, 5) is 22.5. The monoisotopic (exact) mass is 266 g/mol. The van der Waals surface area contributed by atoms with Crippen molar-refractivity contribution in [2.24, 2.45) is 5.73 Å². The Bertz CT molecular complexity index is 442. The third-order valence-corrected chi connectivity index (χ3v) is 2.63. The fourth-order valence-electron chi connectivity index (χ4n) is 1.50. The van der Waals surface area contributed by atoms with Gasteiger partial charge in [0.1, 0.15) is 11.8 Å². The van der Waals surface area contributed by atoms with Crippen molar-refractivity contribution >= 4 is 11.9 Å². The summed E-state index contributed by atoms with van der Waals surface area (Å²) in [5, 5.41) is 11.5. The first kappa shape index (κ1) is 15.0. The van der Waals surface area contributed by atoms with Crippen molar-refractivity contribution < 1.29 is 19.4 Å². The van der Waals surface area contributed by atoms with E-state index in [0.29, 0.717) is 5.75 Å². The van der Waals surface area contributed by atoms with E-state index in [-0.39, 0.29) is 6.42 Å². The van der Waals surface area contributed by atoms with E-state index in [1.807, 2.05) is 0 Å². The summed E-state index contributed by atoms with van der Waals surface area (Å²) in [6.45, 7) is 1.50. The highest BCUT2D eigenvalue weighted by molar-refractivity contribution is 5.86. The van der Waals surface area contributed by atoms with Gasteiger partial charge in [-0.25, -0.2) is 4.79 Å². The van der Waals surface area contributed by atoms with E-state index in [4.69, 9.17) is 15.6 Å². The lowest BCUT2D eigenvalue weighted by Gasteiger charge is -2.16. The number of rotatable bonds is 6. The van der Waals surface area contributed by atoms with Gasteiger partial charge < -0.3 is 20.9 Å². The molecular formula is C13H18N2O4. The first-order valence-corrected chi connectivity index (χ1v) is 5.85. The van der Waals surface area contributed by atoms with Gasteiger partial charge in [0.25, 0.3) is 0 Å². The summed E-state index contributed by atoms with van der Waals surface area (Å²) in [6, 6.07) is 5.26. The molecule has 0 aliphatic rings. The van der Waals surface area contributed by atoms with Crippen molar-refractivity contribution in [3.05, 3.63) is 29.8 Å². The molecule has 0 bridgehead atoms. The third kappa shape index (κ3) is 4.59. The Kier molecular flexibility index (Phi) is 5.32. The molecule has 19 heavy (non-hydrogen) atoms. The van der Waals surface area contributed by atoms with Crippen LogP contribution in [-0.4, -0.2) is 36.2 Å². The minimum absolute atomic E-state index is 0.192. The van der Waals surface area contributed by atoms with E-state index in [1.165, 1.54) is 6.92 Å². The van der Waals surface area contributed by atoms with Crippen LogP contribution in [0, 0.1) is 0 Å². The summed E-state index contributed by atoms with van der Waals surface area (Å²) in [5.41, 5.74) is 6.18. The molecule has 1 aromatic rings. The molecule has 0 aliphatic carbocycles. The van der Waals surface area contributed by atoms with Gasteiger partial charge in [-0.05, 0) is 24.6 Å². The Morgan fingerprint density at radius 2 is 1.95 bits per heavy atom. The minimum atomic E-state index is -1.09. The molecule has 104 valence electrons. The van der Waals surface area contributed by atoms with Crippen molar-refractivity contribution in [1.29, 1.82) is 0 Å². The van der Waals surface area contributed by atoms with Gasteiger partial charge in [0.2, 0.25) is 5.91 Å². The average Bonchev–Trinajstić information content (AvgIpc) is 2.38. The van der Waals surface area contributed by atoms with Gasteiger partial charge in [0.05, 0.1) is 13.2 Å². The van der Waals surface area contributed by atoms with Crippen molar-refractivity contribution in [2.45, 2.75) is 25.4 Å². The van der Waals surface area contributed by atoms with E-state index in [0.717, 1.165) is 5.56 Å². The molecule has 6 heteroatoms. The smallest absolute Gasteiger partial charge is 0.326 e. The first-order valence-electron chi connectivity index (χ1n) is 5.85. The number of amides is 1. The molecule has 2 atom stereocenters. The number of carboxylic acids is 1. The number of hydrogen-bond donors (Lipinski definition) is 3. The highest BCUT2D eigenvalue weighted by atomic mass is 16.5. The van der Waals surface area contributed by atoms with Gasteiger partial charge in [-0.15, -0.1) is 0 Å². The molecule has 4 N–H and O–H groups in total. The molecule has 0 fully saturated rings. The third-order valence-electron chi connectivity index (χ3n) is 2.63. The molecule has 0 spiro atoms. The summed E-state index contributed by atoms with van der Waals surface area (Å²) in [5.74, 6) is -0.888. The largest absolute Gasteiger partial charge is 0.497 e. The number of benzene rings is 1. The predicted octanol–water partition coefficient (Wildman–Crippen LogP) is 0.154. The Balaban J connectivity index is 2.72. The predicted molar refractivity (Wildman–Crippen MR) is 69.9 cm³/mol. The summed E-state index contributed by atoms with van der Waals surface area (Å²) in [6.07, 6.45) is 0.192. The van der Waals surface area contributed by atoms with Crippen LogP contribution in [0.5, 0.6) is 5.75 Å². The van der Waals surface area contributed by atoms with E-state index >= 15 is 0 Å². The fourth-order valence-corrected chi connectivity index (χ4v) is 1.50. The maximum atomic E-state index is 11.4. The highest BCUT2D eigenvalue weighted by Gasteiger charge is 2.21. The molecule has 1 aromatic carbocycles. The van der Waals surface area contributed by atoms with E-state index in [9.17, 15) is 9.59 Å². The molecule has 0 radical (unpaired) electrons. The maximum absolute atomic E-state index is 11.4. The summed E-state index contributed by atoms with van der Waals surface area (Å²) < 4.78 is 5.02. The van der Waals surface area contributed by atoms with Gasteiger partial charge in [0.15, 0.2) is 0 Å². The van der Waals surface area contributed by atoms with Gasteiger partial charge in [-0.1, -0.05) is 12.1 Å². The van der Waals surface area contributed by atoms with E-state index in [1.54, 1.807) is 31.4 Å². The SMILES string of the molecule is COc1ccc(CC(NC(=O)[C@H](C)N)C(=O)O)cc1. The van der Waals surface area contributed by atoms with Gasteiger partial charge in [-0.3, -0.25) is 4.79 Å². The number of ether oxygens (including phenoxy) is 1. The van der Waals surface area contributed by atoms with Crippen LogP contribution in [0.2, 0.25) is 0 Å². The zero-order valence-corrected chi connectivity index (χ0v) is 10.9. The molecule has 0 heterocycles. The molecule has 0 aromatic heterocycles. The normalized spacial score (nSPS) is 13.4. The van der Waals surface area contributed by atoms with Crippen LogP contribution in [0.4, 0.5) is 0 Å². The van der Waals surface area contributed by atoms with Crippen LogP contribution in [0.3, 0.4) is 0 Å². The average molecular weight is 266 g/mol. The second kappa shape index (κ2) is 6.75. The topological polar surface area (TPSA) is 102 Å². The number of nitrogens with one attached hydrogen (secondary N) is 1. The Labute approximate surface area is 111 Å². The Hall–Kier alpha value is -2.08. The van der Waals surface area contributed by atoms with Crippen LogP contribution in [0.25, 0.3) is 0 Å². The van der Waals surface area contributed by atoms with Crippen molar-refractivity contribution in [3.63, 3.8) is 0 Å². The molecule has 0 saturated heterocycles. The second-order valence-electron chi connectivity index (χ2n) is 4.24. The lowest BCUT2D eigenvalue weighted by atomic mass is 10.1. The summed E-state index contributed by atoms with van der Waals surface area (Å²) >= 11 is 0. The molecule has 0 saturated carbocycles. The number of hydrogen-bond acceptors (Lipinski definition) is 4. The second-order valence-corrected chi connectivity index (χ2v) is 4.24. The van der Waals surface area contributed by atoms with Crippen LogP contribution in [-0.2, 0) is 16.0 Å². The minimum Gasteiger partial charge on any atom is -0.497 e. The standard InChI is InChI=1S/C13H18N2O4/c1-8(14)12(16)15-11(13(17)18)7-9-3-5-10(19-2)6-4-9/h3-6,8,11H,7,14H2,1-2H3,(H,15,16)(H,17,18)/t8-,11?/m0/s1. The molecule has 1 rings (SSSR count). The number of methoxy groups -OCH3 is 1. The van der Waals surface area contributed by atoms with Gasteiger partial charge in [-0.2, -0.15) is 0 Å². The number of carboxylic acid groups (broad SMARTS) is 1. The highest BCUT2D eigenvalue weighted by Crippen LogP contribution is 2.12. The summed E-state index contributed by atoms with van der Waals surface area (Å²) in [7, 11) is 1.55. The maximum Gasteiger partial charge on any atom is 0.326 e. The van der Waals surface area contributed by atoms with Gasteiger partial charge in [0, 0.05) is 6.42 Å². The molecule has 1 unspecified atom stereocenters. The zero-order valence-electron chi connectivity index (χ0n) is 10.9. The number of carbonyl (C=O) groups is 2. The Morgan fingerprint density at radius 3 is 2.37 bits per heavy atom. The molecule has 0 aliphatic heterocycles. The van der Waals surface area contributed by atoms with Gasteiger partial charge >= 0.3 is 5.97 Å². The number of carbonyl (C=O) groups excluding carboxylic acids is 1. The first-order chi connectivity index (χ1) is 8.93. The van der Waals surface area contributed by atoms with Crippen LogP contribution >= 0.6 is 0 Å². The molecular weight excluding hydrogens is 248 g/mol. The zero-order chi connectivity index (χ0) is 14.4. The van der Waals surface area contributed by atoms with E-state index < -0.39 is 24.0 Å². The van der Waals surface area contributed by atoms with Crippen molar-refractivity contribution in [2.75, 3.05) is 7.11 Å². The number of aliphatic carboxylic acids is 1. The molecule has 1 amide bonds. The van der Waals surface area contributed by atoms with Crippen molar-refractivity contribution in [3.8, 4) is 5.75 Å². The molecule has 6 nitrogen and oxygen atoms in total. The Morgan fingerprint density at radius 1 is 1.37 bits per heavy atom. The van der Waals surface area contributed by atoms with Crippen LogP contribution in [0.15, 0.2) is 24.3 Å². The van der Waals surface area contributed by atoms with Crippen LogP contribution < -0.4 is 15.8 Å². The lowest BCUT2D eigenvalue weighted by molar-refractivity contribution is -0.141. The van der Waals surface area contributed by atoms with Crippen molar-refractivity contribution in [1.82, 2.24) is 5.32 Å². The number of nitrogens with two attached hydrogens (primary N) is 1.